The van der Waals surface area contributed by atoms with Crippen LogP contribution in [0.15, 0.2) is 97.2 Å². The van der Waals surface area contributed by atoms with Crippen LogP contribution in [-0.4, -0.2) is 37.2 Å². The van der Waals surface area contributed by atoms with E-state index in [2.05, 4.69) is 118 Å². The van der Waals surface area contributed by atoms with Crippen LogP contribution in [0.4, 0.5) is 0 Å². The Labute approximate surface area is 438 Å². The van der Waals surface area contributed by atoms with Crippen molar-refractivity contribution in [2.75, 3.05) is 13.2 Å². The number of esters is 3. The van der Waals surface area contributed by atoms with Gasteiger partial charge in [0.2, 0.25) is 0 Å². The van der Waals surface area contributed by atoms with Crippen molar-refractivity contribution in [3.8, 4) is 0 Å². The number of allylic oxidation sites excluding steroid dienone is 16. The fraction of sp³-hybridized carbons (Fsp3) is 0.708. The van der Waals surface area contributed by atoms with Crippen LogP contribution < -0.4 is 0 Å². The van der Waals surface area contributed by atoms with Crippen molar-refractivity contribution in [2.24, 2.45) is 0 Å². The predicted molar refractivity (Wildman–Crippen MR) is 307 cm³/mol. The normalized spacial score (nSPS) is 12.8. The summed E-state index contributed by atoms with van der Waals surface area (Å²) in [6.45, 7) is 6.55. The minimum absolute atomic E-state index is 0.0995. The van der Waals surface area contributed by atoms with Gasteiger partial charge in [-0.25, -0.2) is 0 Å². The van der Waals surface area contributed by atoms with Crippen molar-refractivity contribution in [1.29, 1.82) is 0 Å². The van der Waals surface area contributed by atoms with Gasteiger partial charge < -0.3 is 14.2 Å². The summed E-state index contributed by atoms with van der Waals surface area (Å²) in [6, 6.07) is 0. The van der Waals surface area contributed by atoms with E-state index in [1.807, 2.05) is 0 Å². The Balaban J connectivity index is 4.51. The number of rotatable bonds is 53. The smallest absolute Gasteiger partial charge is 0.306 e. The molecule has 0 saturated heterocycles. The zero-order valence-electron chi connectivity index (χ0n) is 46.5. The summed E-state index contributed by atoms with van der Waals surface area (Å²) in [7, 11) is 0. The largest absolute Gasteiger partial charge is 0.462 e. The van der Waals surface area contributed by atoms with Crippen LogP contribution in [0.1, 0.15) is 278 Å². The van der Waals surface area contributed by atoms with E-state index in [0.717, 1.165) is 109 Å². The van der Waals surface area contributed by atoms with Crippen molar-refractivity contribution >= 4 is 17.9 Å². The molecule has 0 aliphatic carbocycles. The molecule has 0 N–H and O–H groups in total. The Morgan fingerprint density at radius 1 is 0.282 bits per heavy atom. The van der Waals surface area contributed by atoms with Gasteiger partial charge in [0.05, 0.1) is 0 Å². The lowest BCUT2D eigenvalue weighted by atomic mass is 10.0. The lowest BCUT2D eigenvalue weighted by molar-refractivity contribution is -0.167. The van der Waals surface area contributed by atoms with E-state index in [9.17, 15) is 14.4 Å². The molecule has 0 unspecified atom stereocenters. The number of unbranched alkanes of at least 4 members (excludes halogenated alkanes) is 26. The first-order chi connectivity index (χ1) is 35.0. The van der Waals surface area contributed by atoms with Crippen LogP contribution in [0.3, 0.4) is 0 Å². The van der Waals surface area contributed by atoms with E-state index in [0.29, 0.717) is 12.8 Å². The maximum absolute atomic E-state index is 12.9. The lowest BCUT2D eigenvalue weighted by Gasteiger charge is -2.18. The number of carbonyl (C=O) groups excluding carboxylic acids is 3. The highest BCUT2D eigenvalue weighted by atomic mass is 16.6. The summed E-state index contributed by atoms with van der Waals surface area (Å²) in [4.78, 5) is 38.2. The predicted octanol–water partition coefficient (Wildman–Crippen LogP) is 20.1. The van der Waals surface area contributed by atoms with Crippen LogP contribution in [0.5, 0.6) is 0 Å². The monoisotopic (exact) mass is 987 g/mol. The standard InChI is InChI=1S/C65H110O6/c1-4-7-10-13-16-19-22-25-28-30-32-34-37-40-43-46-49-52-55-58-64(67)70-61-62(60-69-63(66)57-54-51-48-45-42-39-36-27-24-21-18-15-12-9-6-3)71-65(68)59-56-53-50-47-44-41-38-35-33-31-29-26-23-20-17-14-11-8-5-2/h16-17,19-20,25-26,28-29,32-35,40-41,43-44,62H,4-15,18,21-24,27,30-31,36-39,42,45-61H2,1-3H3/b19-16-,20-17-,28-25-,29-26-,34-32-,35-33-,43-40-,44-41-/t62-/m1/s1. The molecule has 0 radical (unpaired) electrons. The fourth-order valence-corrected chi connectivity index (χ4v) is 8.06. The molecule has 0 aliphatic rings. The number of carbonyl (C=O) groups is 3. The van der Waals surface area contributed by atoms with Crippen LogP contribution in [0, 0.1) is 0 Å². The van der Waals surface area contributed by atoms with Gasteiger partial charge in [-0.2, -0.15) is 0 Å². The molecular formula is C65H110O6. The Bertz CT molecular complexity index is 1410. The summed E-state index contributed by atoms with van der Waals surface area (Å²) in [5.41, 5.74) is 0. The van der Waals surface area contributed by atoms with Gasteiger partial charge in [-0.1, -0.05) is 246 Å². The van der Waals surface area contributed by atoms with Crippen LogP contribution in [0.25, 0.3) is 0 Å². The Hall–Kier alpha value is -3.67. The Kier molecular flexibility index (Phi) is 55.9. The lowest BCUT2D eigenvalue weighted by Crippen LogP contribution is -2.30. The third-order valence-electron chi connectivity index (χ3n) is 12.6. The van der Waals surface area contributed by atoms with Gasteiger partial charge in [0, 0.05) is 19.3 Å². The first kappa shape index (κ1) is 67.3. The van der Waals surface area contributed by atoms with E-state index in [4.69, 9.17) is 14.2 Å². The molecule has 6 nitrogen and oxygen atoms in total. The number of hydrogen-bond acceptors (Lipinski definition) is 6. The van der Waals surface area contributed by atoms with E-state index in [-0.39, 0.29) is 37.5 Å². The summed E-state index contributed by atoms with van der Waals surface area (Å²) >= 11 is 0. The number of hydrogen-bond donors (Lipinski definition) is 0. The average Bonchev–Trinajstić information content (AvgIpc) is 3.37. The zero-order chi connectivity index (χ0) is 51.4. The van der Waals surface area contributed by atoms with E-state index < -0.39 is 6.10 Å². The molecule has 0 aromatic heterocycles. The summed E-state index contributed by atoms with van der Waals surface area (Å²) in [5, 5.41) is 0. The van der Waals surface area contributed by atoms with Crippen molar-refractivity contribution in [3.63, 3.8) is 0 Å². The molecule has 1 atom stereocenters. The van der Waals surface area contributed by atoms with Crippen molar-refractivity contribution in [2.45, 2.75) is 284 Å². The van der Waals surface area contributed by atoms with Crippen molar-refractivity contribution in [3.05, 3.63) is 97.2 Å². The molecule has 0 fully saturated rings. The fourth-order valence-electron chi connectivity index (χ4n) is 8.06. The molecule has 0 spiro atoms. The van der Waals surface area contributed by atoms with Crippen LogP contribution in [-0.2, 0) is 28.6 Å². The van der Waals surface area contributed by atoms with E-state index >= 15 is 0 Å². The molecule has 0 amide bonds. The Morgan fingerprint density at radius 3 is 0.817 bits per heavy atom. The third kappa shape index (κ3) is 57.1. The summed E-state index contributed by atoms with van der Waals surface area (Å²) in [5.74, 6) is -0.957. The van der Waals surface area contributed by atoms with Crippen molar-refractivity contribution < 1.29 is 28.6 Å². The second-order valence-electron chi connectivity index (χ2n) is 19.6. The van der Waals surface area contributed by atoms with Crippen LogP contribution in [0.2, 0.25) is 0 Å². The summed E-state index contributed by atoms with van der Waals surface area (Å²) < 4.78 is 16.8. The minimum atomic E-state index is -0.808. The Morgan fingerprint density at radius 2 is 0.507 bits per heavy atom. The maximum Gasteiger partial charge on any atom is 0.306 e. The van der Waals surface area contributed by atoms with Gasteiger partial charge in [0.1, 0.15) is 13.2 Å². The van der Waals surface area contributed by atoms with E-state index in [1.54, 1.807) is 0 Å². The van der Waals surface area contributed by atoms with Crippen LogP contribution >= 0.6 is 0 Å². The topological polar surface area (TPSA) is 78.9 Å². The second-order valence-corrected chi connectivity index (χ2v) is 19.6. The van der Waals surface area contributed by atoms with Gasteiger partial charge in [-0.3, -0.25) is 14.4 Å². The molecular weight excluding hydrogens is 877 g/mol. The molecule has 0 heterocycles. The van der Waals surface area contributed by atoms with Gasteiger partial charge in [0.15, 0.2) is 6.10 Å². The van der Waals surface area contributed by atoms with Crippen molar-refractivity contribution in [1.82, 2.24) is 0 Å². The molecule has 71 heavy (non-hydrogen) atoms. The molecule has 0 aliphatic heterocycles. The van der Waals surface area contributed by atoms with Gasteiger partial charge in [0.25, 0.3) is 0 Å². The maximum atomic E-state index is 12.9. The molecule has 0 rings (SSSR count). The van der Waals surface area contributed by atoms with Gasteiger partial charge in [-0.15, -0.1) is 0 Å². The molecule has 406 valence electrons. The van der Waals surface area contributed by atoms with E-state index in [1.165, 1.54) is 128 Å². The minimum Gasteiger partial charge on any atom is -0.462 e. The highest BCUT2D eigenvalue weighted by Gasteiger charge is 2.19. The first-order valence-corrected chi connectivity index (χ1v) is 29.7. The molecule has 6 heteroatoms. The van der Waals surface area contributed by atoms with Gasteiger partial charge in [-0.05, 0) is 109 Å². The second kappa shape index (κ2) is 58.9. The zero-order valence-corrected chi connectivity index (χ0v) is 46.5. The molecule has 0 aromatic rings. The molecule has 0 aromatic carbocycles. The highest BCUT2D eigenvalue weighted by Crippen LogP contribution is 2.15. The summed E-state index contributed by atoms with van der Waals surface area (Å²) in [6.07, 6.45) is 78.2. The van der Waals surface area contributed by atoms with Gasteiger partial charge >= 0.3 is 17.9 Å². The quantitative estimate of drug-likeness (QED) is 0.0261. The first-order valence-electron chi connectivity index (χ1n) is 29.7. The molecule has 0 bridgehead atoms. The highest BCUT2D eigenvalue weighted by molar-refractivity contribution is 5.71. The number of ether oxygens (including phenoxy) is 3. The molecule has 0 saturated carbocycles. The SMILES string of the molecule is CCCCC/C=C\C/C=C\C/C=C\C/C=C\CCCCCC(=O)OC[C@@H](COC(=O)CCCCCCCCCCCCCCCCC)OC(=O)CCCCC/C=C\C/C=C\C/C=C\C/C=C\CCCCC. The third-order valence-corrected chi connectivity index (χ3v) is 12.6. The average molecular weight is 988 g/mol.